The number of nitrogens with one attached hydrogen (secondary N) is 3. The number of hydrogen-bond acceptors (Lipinski definition) is 6. The maximum atomic E-state index is 13.4. The summed E-state index contributed by atoms with van der Waals surface area (Å²) in [4.78, 5) is 16.2. The van der Waals surface area contributed by atoms with Crippen molar-refractivity contribution < 1.29 is 23.0 Å². The highest BCUT2D eigenvalue weighted by molar-refractivity contribution is 5.67. The maximum Gasteiger partial charge on any atom is 0.407 e. The van der Waals surface area contributed by atoms with Gasteiger partial charge in [0.2, 0.25) is 5.88 Å². The van der Waals surface area contributed by atoms with E-state index in [1.165, 1.54) is 6.07 Å². The summed E-state index contributed by atoms with van der Waals surface area (Å²) in [6.07, 6.45) is 0.0573. The van der Waals surface area contributed by atoms with Crippen molar-refractivity contribution in [2.24, 2.45) is 0 Å². The van der Waals surface area contributed by atoms with Crippen molar-refractivity contribution in [1.29, 1.82) is 0 Å². The zero-order chi connectivity index (χ0) is 22.0. The van der Waals surface area contributed by atoms with E-state index in [2.05, 4.69) is 25.8 Å². The van der Waals surface area contributed by atoms with Gasteiger partial charge in [-0.1, -0.05) is 0 Å². The number of amides is 1. The summed E-state index contributed by atoms with van der Waals surface area (Å²) >= 11 is 0. The fraction of sp³-hybridized carbons (Fsp3) is 0.571. The second-order valence-corrected chi connectivity index (χ2v) is 8.34. The molecular weight excluding hydrogens is 408 g/mol. The Morgan fingerprint density at radius 1 is 1.10 bits per heavy atom. The molecule has 10 heteroatoms. The Balaban J connectivity index is 1.61. The van der Waals surface area contributed by atoms with Crippen molar-refractivity contribution in [1.82, 2.24) is 20.5 Å². The Hall–Kier alpha value is -2.91. The van der Waals surface area contributed by atoms with Crippen molar-refractivity contribution >= 4 is 17.6 Å². The summed E-state index contributed by atoms with van der Waals surface area (Å²) in [5, 5.41) is 13.2. The van der Waals surface area contributed by atoms with Gasteiger partial charge in [-0.3, -0.25) is 5.10 Å². The first kappa shape index (κ1) is 21.3. The molecule has 0 unspecified atom stereocenters. The van der Waals surface area contributed by atoms with Crippen LogP contribution in [0.3, 0.4) is 0 Å². The lowest BCUT2D eigenvalue weighted by Crippen LogP contribution is -2.35. The van der Waals surface area contributed by atoms with E-state index in [1.54, 1.807) is 6.07 Å². The summed E-state index contributed by atoms with van der Waals surface area (Å²) in [7, 11) is 0. The van der Waals surface area contributed by atoms with Crippen LogP contribution in [0, 0.1) is 0 Å². The van der Waals surface area contributed by atoms with E-state index in [-0.39, 0.29) is 35.7 Å². The molecule has 168 valence electrons. The van der Waals surface area contributed by atoms with Gasteiger partial charge in [-0.05, 0) is 52.0 Å². The molecule has 1 saturated carbocycles. The third kappa shape index (κ3) is 5.42. The molecule has 4 atom stereocenters. The molecule has 0 aromatic carbocycles. The molecule has 0 spiro atoms. The number of ether oxygens (including phenoxy) is 2. The number of nitrogens with zero attached hydrogens (tertiary/aromatic N) is 2. The molecule has 8 nitrogen and oxygen atoms in total. The van der Waals surface area contributed by atoms with Crippen molar-refractivity contribution in [3.8, 4) is 5.88 Å². The molecule has 2 aliphatic rings. The standard InChI is InChI=1S/C21H27F2N5O3/c1-11-3-4-12(2)30-19-9-14(8-17(26-19)20(22)23)25-18-10-16(27-28-18)13-5-6-15(7-13)31-21(29)24-11/h8-13,15,20H,3-7H2,1-2H3,(H,24,29)(H2,25,27,28)/t11-,12+,13+,15-/m1/s1. The van der Waals surface area contributed by atoms with E-state index in [1.807, 2.05) is 19.9 Å². The summed E-state index contributed by atoms with van der Waals surface area (Å²) < 4.78 is 38.1. The molecule has 1 aliphatic heterocycles. The number of H-pyrrole nitrogens is 1. The van der Waals surface area contributed by atoms with E-state index in [9.17, 15) is 13.6 Å². The number of halogens is 2. The minimum atomic E-state index is -2.72. The SMILES string of the molecule is C[C@@H]1CC[C@H](C)Oc2cc(cc(C(F)F)n2)Nc2cc([nH]n2)[C@H]2CC[C@H](C2)OC(=O)N1. The van der Waals surface area contributed by atoms with Gasteiger partial charge in [-0.15, -0.1) is 0 Å². The Labute approximate surface area is 179 Å². The third-order valence-corrected chi connectivity index (χ3v) is 5.71. The third-order valence-electron chi connectivity index (χ3n) is 5.71. The average Bonchev–Trinajstić information content (AvgIpc) is 3.35. The lowest BCUT2D eigenvalue weighted by molar-refractivity contribution is 0.0963. The number of carbonyl (C=O) groups excluding carboxylic acids is 1. The zero-order valence-corrected chi connectivity index (χ0v) is 17.5. The number of anilines is 2. The number of aromatic nitrogens is 3. The molecule has 0 radical (unpaired) electrons. The fourth-order valence-corrected chi connectivity index (χ4v) is 4.07. The van der Waals surface area contributed by atoms with Gasteiger partial charge in [-0.25, -0.2) is 18.6 Å². The minimum Gasteiger partial charge on any atom is -0.475 e. The van der Waals surface area contributed by atoms with Gasteiger partial charge >= 0.3 is 6.09 Å². The molecule has 6 bridgehead atoms. The smallest absolute Gasteiger partial charge is 0.407 e. The van der Waals surface area contributed by atoms with Crippen LogP contribution in [-0.2, 0) is 4.74 Å². The van der Waals surface area contributed by atoms with Crippen LogP contribution in [0.1, 0.15) is 69.7 Å². The van der Waals surface area contributed by atoms with E-state index >= 15 is 0 Å². The quantitative estimate of drug-likeness (QED) is 0.595. The average molecular weight is 435 g/mol. The molecule has 31 heavy (non-hydrogen) atoms. The molecule has 1 aliphatic carbocycles. The van der Waals surface area contributed by atoms with Crippen molar-refractivity contribution in [3.63, 3.8) is 0 Å². The molecule has 2 aromatic heterocycles. The monoisotopic (exact) mass is 435 g/mol. The molecule has 3 N–H and O–H groups in total. The zero-order valence-electron chi connectivity index (χ0n) is 17.5. The van der Waals surface area contributed by atoms with Crippen LogP contribution in [0.5, 0.6) is 5.88 Å². The van der Waals surface area contributed by atoms with Crippen LogP contribution >= 0.6 is 0 Å². The number of hydrogen-bond donors (Lipinski definition) is 3. The summed E-state index contributed by atoms with van der Waals surface area (Å²) in [5.41, 5.74) is 0.977. The molecular formula is C21H27F2N5O3. The second kappa shape index (κ2) is 9.07. The van der Waals surface area contributed by atoms with Gasteiger partial charge in [-0.2, -0.15) is 5.10 Å². The lowest BCUT2D eigenvalue weighted by Gasteiger charge is -2.20. The lowest BCUT2D eigenvalue weighted by atomic mass is 10.0. The van der Waals surface area contributed by atoms with E-state index < -0.39 is 12.5 Å². The molecule has 4 rings (SSSR count). The largest absolute Gasteiger partial charge is 0.475 e. The maximum absolute atomic E-state index is 13.4. The number of alkyl carbamates (subject to hydrolysis) is 1. The topological polar surface area (TPSA) is 101 Å². The Morgan fingerprint density at radius 3 is 2.74 bits per heavy atom. The Bertz CT molecular complexity index is 922. The Kier molecular flexibility index (Phi) is 6.24. The van der Waals surface area contributed by atoms with Crippen LogP contribution in [0.15, 0.2) is 18.2 Å². The number of fused-ring (bicyclic) bond motifs is 7. The summed E-state index contributed by atoms with van der Waals surface area (Å²) in [6.45, 7) is 3.74. The van der Waals surface area contributed by atoms with Crippen molar-refractivity contribution in [3.05, 3.63) is 29.6 Å². The first-order chi connectivity index (χ1) is 14.9. The van der Waals surface area contributed by atoms with Gasteiger partial charge in [0.1, 0.15) is 11.8 Å². The molecule has 2 aromatic rings. The van der Waals surface area contributed by atoms with Gasteiger partial charge < -0.3 is 20.1 Å². The second-order valence-electron chi connectivity index (χ2n) is 8.34. The normalized spacial score (nSPS) is 26.8. The van der Waals surface area contributed by atoms with Crippen LogP contribution in [-0.4, -0.2) is 39.5 Å². The van der Waals surface area contributed by atoms with Crippen LogP contribution in [0.4, 0.5) is 25.1 Å². The first-order valence-electron chi connectivity index (χ1n) is 10.6. The predicted molar refractivity (Wildman–Crippen MR) is 110 cm³/mol. The van der Waals surface area contributed by atoms with Crippen molar-refractivity contribution in [2.75, 3.05) is 5.32 Å². The van der Waals surface area contributed by atoms with Gasteiger partial charge in [0.15, 0.2) is 5.82 Å². The molecule has 0 saturated heterocycles. The fourth-order valence-electron chi connectivity index (χ4n) is 4.07. The summed E-state index contributed by atoms with van der Waals surface area (Å²) in [6, 6.07) is 4.63. The van der Waals surface area contributed by atoms with Crippen LogP contribution < -0.4 is 15.4 Å². The number of rotatable bonds is 1. The summed E-state index contributed by atoms with van der Waals surface area (Å²) in [5.74, 6) is 0.812. The number of aromatic amines is 1. The number of pyridine rings is 1. The Morgan fingerprint density at radius 2 is 1.94 bits per heavy atom. The van der Waals surface area contributed by atoms with E-state index in [0.29, 0.717) is 30.8 Å². The molecule has 3 heterocycles. The predicted octanol–water partition coefficient (Wildman–Crippen LogP) is 4.80. The van der Waals surface area contributed by atoms with Crippen LogP contribution in [0.25, 0.3) is 0 Å². The van der Waals surface area contributed by atoms with Gasteiger partial charge in [0.05, 0.1) is 6.10 Å². The molecule has 1 amide bonds. The van der Waals surface area contributed by atoms with Crippen molar-refractivity contribution in [2.45, 2.75) is 76.5 Å². The highest BCUT2D eigenvalue weighted by Crippen LogP contribution is 2.36. The number of carbonyl (C=O) groups is 1. The van der Waals surface area contributed by atoms with Gasteiger partial charge in [0.25, 0.3) is 6.43 Å². The molecule has 1 fully saturated rings. The highest BCUT2D eigenvalue weighted by Gasteiger charge is 2.30. The first-order valence-corrected chi connectivity index (χ1v) is 10.6. The van der Waals surface area contributed by atoms with E-state index in [4.69, 9.17) is 9.47 Å². The highest BCUT2D eigenvalue weighted by atomic mass is 19.3. The number of alkyl halides is 2. The van der Waals surface area contributed by atoms with Gasteiger partial charge in [0, 0.05) is 35.5 Å². The minimum absolute atomic E-state index is 0.109. The van der Waals surface area contributed by atoms with E-state index in [0.717, 1.165) is 18.5 Å². The van der Waals surface area contributed by atoms with Crippen LogP contribution in [0.2, 0.25) is 0 Å².